The Morgan fingerprint density at radius 3 is 3.24 bits per heavy atom. The second-order valence-electron chi connectivity index (χ2n) is 4.34. The van der Waals surface area contributed by atoms with Crippen LogP contribution < -0.4 is 5.32 Å². The number of hydrogen-bond donors (Lipinski definition) is 2. The topological polar surface area (TPSA) is 65.5 Å². The molecule has 0 amide bonds. The summed E-state index contributed by atoms with van der Waals surface area (Å²) < 4.78 is 0. The lowest BCUT2D eigenvalue weighted by Crippen LogP contribution is -2.33. The van der Waals surface area contributed by atoms with E-state index in [1.807, 2.05) is 18.3 Å². The van der Waals surface area contributed by atoms with Crippen LogP contribution in [0.25, 0.3) is 0 Å². The van der Waals surface area contributed by atoms with E-state index >= 15 is 0 Å². The van der Waals surface area contributed by atoms with Crippen molar-refractivity contribution in [1.82, 2.24) is 15.2 Å². The van der Waals surface area contributed by atoms with Crippen LogP contribution in [0.5, 0.6) is 0 Å². The van der Waals surface area contributed by atoms with Gasteiger partial charge in [-0.1, -0.05) is 6.07 Å². The first-order valence-electron chi connectivity index (χ1n) is 5.80. The molecule has 0 bridgehead atoms. The highest BCUT2D eigenvalue weighted by molar-refractivity contribution is 5.70. The van der Waals surface area contributed by atoms with Crippen LogP contribution in [0.2, 0.25) is 0 Å². The van der Waals surface area contributed by atoms with Gasteiger partial charge in [0.2, 0.25) is 0 Å². The zero-order valence-corrected chi connectivity index (χ0v) is 9.67. The number of rotatable bonds is 3. The van der Waals surface area contributed by atoms with Crippen LogP contribution in [0.4, 0.5) is 0 Å². The second kappa shape index (κ2) is 5.75. The van der Waals surface area contributed by atoms with Gasteiger partial charge < -0.3 is 10.4 Å². The van der Waals surface area contributed by atoms with Crippen molar-refractivity contribution in [2.24, 2.45) is 5.92 Å². The van der Waals surface area contributed by atoms with Crippen molar-refractivity contribution in [2.75, 3.05) is 26.2 Å². The van der Waals surface area contributed by atoms with Gasteiger partial charge in [-0.05, 0) is 11.6 Å². The normalized spacial score (nSPS) is 22.0. The van der Waals surface area contributed by atoms with Gasteiger partial charge in [0.15, 0.2) is 0 Å². The molecule has 0 aromatic carbocycles. The predicted molar refractivity (Wildman–Crippen MR) is 63.5 cm³/mol. The van der Waals surface area contributed by atoms with E-state index in [1.54, 1.807) is 6.20 Å². The molecule has 1 saturated heterocycles. The molecule has 0 aliphatic carbocycles. The van der Waals surface area contributed by atoms with E-state index in [2.05, 4.69) is 15.2 Å². The Bertz CT molecular complexity index is 369. The van der Waals surface area contributed by atoms with E-state index in [0.717, 1.165) is 25.2 Å². The zero-order valence-electron chi connectivity index (χ0n) is 9.67. The number of carbonyl (C=O) groups is 1. The van der Waals surface area contributed by atoms with Gasteiger partial charge in [-0.15, -0.1) is 0 Å². The molecule has 2 heterocycles. The summed E-state index contributed by atoms with van der Waals surface area (Å²) in [6, 6.07) is 3.92. The molecule has 92 valence electrons. The molecule has 0 radical (unpaired) electrons. The Morgan fingerprint density at radius 2 is 2.53 bits per heavy atom. The fourth-order valence-electron chi connectivity index (χ4n) is 2.04. The third-order valence-corrected chi connectivity index (χ3v) is 2.95. The molecule has 1 aliphatic rings. The first kappa shape index (κ1) is 12.0. The Hall–Kier alpha value is -1.46. The molecular weight excluding hydrogens is 218 g/mol. The lowest BCUT2D eigenvalue weighted by molar-refractivity contribution is -0.142. The smallest absolute Gasteiger partial charge is 0.309 e. The van der Waals surface area contributed by atoms with Crippen molar-refractivity contribution in [3.8, 4) is 0 Å². The van der Waals surface area contributed by atoms with E-state index < -0.39 is 5.97 Å². The van der Waals surface area contributed by atoms with Gasteiger partial charge in [0, 0.05) is 45.1 Å². The van der Waals surface area contributed by atoms with E-state index in [-0.39, 0.29) is 5.92 Å². The van der Waals surface area contributed by atoms with Crippen LogP contribution in [0, 0.1) is 5.92 Å². The fourth-order valence-corrected chi connectivity index (χ4v) is 2.04. The van der Waals surface area contributed by atoms with Crippen LogP contribution in [0.1, 0.15) is 5.56 Å². The average molecular weight is 235 g/mol. The third-order valence-electron chi connectivity index (χ3n) is 2.95. The number of aliphatic carboxylic acids is 1. The second-order valence-corrected chi connectivity index (χ2v) is 4.34. The third kappa shape index (κ3) is 3.51. The Morgan fingerprint density at radius 1 is 1.65 bits per heavy atom. The SMILES string of the molecule is O=C(O)C1CNCCN(Cc2cccnc2)C1. The summed E-state index contributed by atoms with van der Waals surface area (Å²) in [4.78, 5) is 17.3. The molecule has 0 spiro atoms. The summed E-state index contributed by atoms with van der Waals surface area (Å²) in [7, 11) is 0. The Kier molecular flexibility index (Phi) is 4.06. The minimum atomic E-state index is -0.726. The van der Waals surface area contributed by atoms with E-state index in [9.17, 15) is 4.79 Å². The molecular formula is C12H17N3O2. The van der Waals surface area contributed by atoms with Gasteiger partial charge in [-0.3, -0.25) is 14.7 Å². The predicted octanol–water partition coefficient (Wildman–Crippen LogP) is 0.188. The average Bonchev–Trinajstić information content (AvgIpc) is 2.56. The fraction of sp³-hybridized carbons (Fsp3) is 0.500. The summed E-state index contributed by atoms with van der Waals surface area (Å²) >= 11 is 0. The van der Waals surface area contributed by atoms with Crippen molar-refractivity contribution in [1.29, 1.82) is 0 Å². The first-order valence-corrected chi connectivity index (χ1v) is 5.80. The number of hydrogen-bond acceptors (Lipinski definition) is 4. The molecule has 0 saturated carbocycles. The highest BCUT2D eigenvalue weighted by Crippen LogP contribution is 2.08. The Labute approximate surface area is 100 Å². The largest absolute Gasteiger partial charge is 0.481 e. The van der Waals surface area contributed by atoms with Crippen molar-refractivity contribution in [3.63, 3.8) is 0 Å². The molecule has 1 atom stereocenters. The van der Waals surface area contributed by atoms with Gasteiger partial charge in [0.25, 0.3) is 0 Å². The van der Waals surface area contributed by atoms with Gasteiger partial charge in [-0.25, -0.2) is 0 Å². The molecule has 5 heteroatoms. The molecule has 1 aromatic rings. The molecule has 2 rings (SSSR count). The maximum atomic E-state index is 11.0. The van der Waals surface area contributed by atoms with Crippen molar-refractivity contribution in [2.45, 2.75) is 6.54 Å². The lowest BCUT2D eigenvalue weighted by Gasteiger charge is -2.21. The van der Waals surface area contributed by atoms with Crippen LogP contribution in [0.3, 0.4) is 0 Å². The van der Waals surface area contributed by atoms with E-state index in [4.69, 9.17) is 5.11 Å². The molecule has 17 heavy (non-hydrogen) atoms. The van der Waals surface area contributed by atoms with Crippen molar-refractivity contribution >= 4 is 5.97 Å². The standard InChI is InChI=1S/C12H17N3O2/c16-12(17)11-7-14-4-5-15(9-11)8-10-2-1-3-13-6-10/h1-3,6,11,14H,4-5,7-9H2,(H,16,17). The Balaban J connectivity index is 1.97. The maximum Gasteiger partial charge on any atom is 0.309 e. The minimum absolute atomic E-state index is 0.325. The number of nitrogens with one attached hydrogen (secondary N) is 1. The van der Waals surface area contributed by atoms with Crippen LogP contribution >= 0.6 is 0 Å². The quantitative estimate of drug-likeness (QED) is 0.783. The monoisotopic (exact) mass is 235 g/mol. The van der Waals surface area contributed by atoms with Gasteiger partial charge in [0.1, 0.15) is 0 Å². The molecule has 2 N–H and O–H groups in total. The van der Waals surface area contributed by atoms with E-state index in [1.165, 1.54) is 0 Å². The molecule has 1 fully saturated rings. The summed E-state index contributed by atoms with van der Waals surface area (Å²) in [6.07, 6.45) is 3.57. The summed E-state index contributed by atoms with van der Waals surface area (Å²) in [5.74, 6) is -1.05. The molecule has 1 aliphatic heterocycles. The lowest BCUT2D eigenvalue weighted by atomic mass is 10.1. The molecule has 5 nitrogen and oxygen atoms in total. The number of aromatic nitrogens is 1. The molecule has 1 unspecified atom stereocenters. The van der Waals surface area contributed by atoms with E-state index in [0.29, 0.717) is 13.1 Å². The van der Waals surface area contributed by atoms with Crippen molar-refractivity contribution < 1.29 is 9.90 Å². The minimum Gasteiger partial charge on any atom is -0.481 e. The highest BCUT2D eigenvalue weighted by Gasteiger charge is 2.23. The van der Waals surface area contributed by atoms with Gasteiger partial charge in [0.05, 0.1) is 5.92 Å². The first-order chi connectivity index (χ1) is 8.25. The summed E-state index contributed by atoms with van der Waals surface area (Å²) in [5, 5.41) is 12.2. The van der Waals surface area contributed by atoms with Gasteiger partial charge >= 0.3 is 5.97 Å². The maximum absolute atomic E-state index is 11.0. The van der Waals surface area contributed by atoms with Crippen LogP contribution in [0.15, 0.2) is 24.5 Å². The number of pyridine rings is 1. The number of nitrogens with zero attached hydrogens (tertiary/aromatic N) is 2. The van der Waals surface area contributed by atoms with Crippen LogP contribution in [-0.2, 0) is 11.3 Å². The summed E-state index contributed by atoms with van der Waals surface area (Å²) in [5.41, 5.74) is 1.12. The van der Waals surface area contributed by atoms with Crippen LogP contribution in [-0.4, -0.2) is 47.1 Å². The molecule has 1 aromatic heterocycles. The summed E-state index contributed by atoms with van der Waals surface area (Å²) in [6.45, 7) is 3.62. The highest BCUT2D eigenvalue weighted by atomic mass is 16.4. The van der Waals surface area contributed by atoms with Gasteiger partial charge in [-0.2, -0.15) is 0 Å². The number of carboxylic acids is 1. The van der Waals surface area contributed by atoms with Crippen molar-refractivity contribution in [3.05, 3.63) is 30.1 Å². The number of carboxylic acid groups (broad SMARTS) is 1. The zero-order chi connectivity index (χ0) is 12.1.